The maximum Gasteiger partial charge on any atom is 0.435 e. The van der Waals surface area contributed by atoms with Gasteiger partial charge in [-0.05, 0) is 49.4 Å². The van der Waals surface area contributed by atoms with Crippen molar-refractivity contribution in [2.45, 2.75) is 44.8 Å². The standard InChI is InChI=1S/C27H30F3N9O2/c1-2-15-12-18(5-6-19(15)26(41)34-8-7-33-25(40)16-3-4-17(31)11-16)37-23-24-35-14-21(39(24)10-9-32-23)20-13-36-38-22(20)27(28,29)30/h5-6,9-10,12-14,16-17H,2-4,7-8,11,31H2,1H3,(H,32,37)(H,33,40)(H,34,41)(H,36,38)/t16-,17+/m0/s1. The number of nitrogens with one attached hydrogen (secondary N) is 4. The number of carbonyl (C=O) groups is 2. The van der Waals surface area contributed by atoms with E-state index in [0.29, 0.717) is 42.1 Å². The SMILES string of the molecule is CCc1cc(Nc2nccn3c(-c4c[nH]nc4C(F)(F)F)cnc23)ccc1C(=O)NCCNC(=O)[C@H]1CC[C@@H](N)C1. The number of aryl methyl sites for hydroxylation is 1. The van der Waals surface area contributed by atoms with Gasteiger partial charge in [-0.2, -0.15) is 18.3 Å². The Morgan fingerprint density at radius 2 is 1.98 bits per heavy atom. The van der Waals surface area contributed by atoms with E-state index in [9.17, 15) is 22.8 Å². The van der Waals surface area contributed by atoms with Gasteiger partial charge in [-0.1, -0.05) is 6.92 Å². The Balaban J connectivity index is 1.26. The first-order valence-electron chi connectivity index (χ1n) is 13.3. The van der Waals surface area contributed by atoms with Crippen molar-refractivity contribution in [1.29, 1.82) is 0 Å². The van der Waals surface area contributed by atoms with Crippen molar-refractivity contribution in [1.82, 2.24) is 35.2 Å². The predicted molar refractivity (Wildman–Crippen MR) is 145 cm³/mol. The van der Waals surface area contributed by atoms with Crippen LogP contribution in [0.5, 0.6) is 0 Å². The highest BCUT2D eigenvalue weighted by Gasteiger charge is 2.37. The number of anilines is 2. The molecule has 2 amide bonds. The second-order valence-electron chi connectivity index (χ2n) is 9.93. The van der Waals surface area contributed by atoms with Gasteiger partial charge in [-0.25, -0.2) is 9.97 Å². The van der Waals surface area contributed by atoms with Crippen molar-refractivity contribution in [3.63, 3.8) is 0 Å². The zero-order valence-electron chi connectivity index (χ0n) is 22.3. The lowest BCUT2D eigenvalue weighted by Crippen LogP contribution is -2.37. The van der Waals surface area contributed by atoms with Gasteiger partial charge in [0.15, 0.2) is 17.2 Å². The number of imidazole rings is 1. The molecule has 3 heterocycles. The third-order valence-corrected chi connectivity index (χ3v) is 7.16. The number of alkyl halides is 3. The molecule has 1 aliphatic carbocycles. The highest BCUT2D eigenvalue weighted by Crippen LogP contribution is 2.36. The van der Waals surface area contributed by atoms with Crippen LogP contribution in [-0.2, 0) is 17.4 Å². The van der Waals surface area contributed by atoms with E-state index in [2.05, 4.69) is 36.1 Å². The van der Waals surface area contributed by atoms with E-state index in [1.807, 2.05) is 13.0 Å². The van der Waals surface area contributed by atoms with E-state index in [-0.39, 0.29) is 41.6 Å². The zero-order valence-corrected chi connectivity index (χ0v) is 22.3. The monoisotopic (exact) mass is 569 g/mol. The summed E-state index contributed by atoms with van der Waals surface area (Å²) >= 11 is 0. The molecule has 0 saturated heterocycles. The number of halogens is 3. The minimum Gasteiger partial charge on any atom is -0.354 e. The van der Waals surface area contributed by atoms with E-state index in [1.165, 1.54) is 29.2 Å². The maximum absolute atomic E-state index is 13.4. The second kappa shape index (κ2) is 11.6. The Bertz CT molecular complexity index is 1560. The zero-order chi connectivity index (χ0) is 29.1. The van der Waals surface area contributed by atoms with Crippen molar-refractivity contribution in [2.24, 2.45) is 11.7 Å². The summed E-state index contributed by atoms with van der Waals surface area (Å²) in [6.45, 7) is 2.53. The van der Waals surface area contributed by atoms with Crippen molar-refractivity contribution in [3.05, 3.63) is 59.8 Å². The summed E-state index contributed by atoms with van der Waals surface area (Å²) in [6.07, 6.45) is 3.75. The Labute approximate surface area is 233 Å². The van der Waals surface area contributed by atoms with Crippen LogP contribution in [0.25, 0.3) is 16.9 Å². The second-order valence-corrected chi connectivity index (χ2v) is 9.93. The fourth-order valence-electron chi connectivity index (χ4n) is 5.09. The number of rotatable bonds is 9. The fourth-order valence-corrected chi connectivity index (χ4v) is 5.09. The van der Waals surface area contributed by atoms with Crippen LogP contribution in [0, 0.1) is 5.92 Å². The molecule has 11 nitrogen and oxygen atoms in total. The molecule has 216 valence electrons. The number of nitrogens with zero attached hydrogens (tertiary/aromatic N) is 4. The van der Waals surface area contributed by atoms with Gasteiger partial charge in [-0.3, -0.25) is 19.1 Å². The lowest BCUT2D eigenvalue weighted by atomic mass is 10.0. The molecule has 1 fully saturated rings. The Hall–Kier alpha value is -4.46. The number of nitrogens with two attached hydrogens (primary N) is 1. The number of aromatic nitrogens is 5. The average Bonchev–Trinajstić information content (AvgIpc) is 3.70. The summed E-state index contributed by atoms with van der Waals surface area (Å²) in [5.74, 6) is -0.0294. The van der Waals surface area contributed by atoms with Gasteiger partial charge in [-0.15, -0.1) is 0 Å². The van der Waals surface area contributed by atoms with Crippen LogP contribution < -0.4 is 21.7 Å². The summed E-state index contributed by atoms with van der Waals surface area (Å²) in [6, 6.07) is 5.29. The molecule has 0 radical (unpaired) electrons. The number of hydrogen-bond donors (Lipinski definition) is 5. The third kappa shape index (κ3) is 6.01. The number of amides is 2. The molecule has 1 aromatic carbocycles. The topological polar surface area (TPSA) is 155 Å². The van der Waals surface area contributed by atoms with Crippen LogP contribution in [0.4, 0.5) is 24.7 Å². The summed E-state index contributed by atoms with van der Waals surface area (Å²) in [5, 5.41) is 14.5. The molecule has 14 heteroatoms. The van der Waals surface area contributed by atoms with Gasteiger partial charge in [0.05, 0.1) is 17.5 Å². The molecular weight excluding hydrogens is 539 g/mol. The molecule has 4 aromatic rings. The average molecular weight is 570 g/mol. The normalized spacial score (nSPS) is 17.1. The van der Waals surface area contributed by atoms with E-state index in [0.717, 1.165) is 18.4 Å². The number of benzene rings is 1. The smallest absolute Gasteiger partial charge is 0.354 e. The molecule has 2 atom stereocenters. The molecule has 3 aromatic heterocycles. The van der Waals surface area contributed by atoms with Crippen LogP contribution in [-0.4, -0.2) is 55.5 Å². The minimum atomic E-state index is -4.63. The number of fused-ring (bicyclic) bond motifs is 1. The number of aromatic amines is 1. The van der Waals surface area contributed by atoms with Gasteiger partial charge < -0.3 is 21.7 Å². The Morgan fingerprint density at radius 1 is 1.17 bits per heavy atom. The van der Waals surface area contributed by atoms with Crippen LogP contribution in [0.1, 0.15) is 47.8 Å². The quantitative estimate of drug-likeness (QED) is 0.194. The lowest BCUT2D eigenvalue weighted by molar-refractivity contribution is -0.140. The van der Waals surface area contributed by atoms with Crippen LogP contribution in [0.3, 0.4) is 0 Å². The van der Waals surface area contributed by atoms with Crippen LogP contribution in [0.15, 0.2) is 43.0 Å². The Morgan fingerprint density at radius 3 is 2.71 bits per heavy atom. The summed E-state index contributed by atoms with van der Waals surface area (Å²) in [5.41, 5.74) is 7.14. The van der Waals surface area contributed by atoms with Gasteiger partial charge in [0.25, 0.3) is 5.91 Å². The number of carbonyl (C=O) groups excluding carboxylic acids is 2. The van der Waals surface area contributed by atoms with E-state index < -0.39 is 11.9 Å². The minimum absolute atomic E-state index is 0.0318. The number of hydrogen-bond acceptors (Lipinski definition) is 7. The highest BCUT2D eigenvalue weighted by atomic mass is 19.4. The first-order chi connectivity index (χ1) is 19.7. The molecular formula is C27H30F3N9O2. The van der Waals surface area contributed by atoms with Crippen LogP contribution in [0.2, 0.25) is 0 Å². The van der Waals surface area contributed by atoms with Gasteiger partial charge in [0, 0.05) is 54.9 Å². The van der Waals surface area contributed by atoms with Gasteiger partial charge >= 0.3 is 6.18 Å². The molecule has 41 heavy (non-hydrogen) atoms. The molecule has 1 saturated carbocycles. The van der Waals surface area contributed by atoms with E-state index >= 15 is 0 Å². The molecule has 0 aliphatic heterocycles. The summed E-state index contributed by atoms with van der Waals surface area (Å²) in [7, 11) is 0. The van der Waals surface area contributed by atoms with Crippen molar-refractivity contribution >= 4 is 29.0 Å². The summed E-state index contributed by atoms with van der Waals surface area (Å²) in [4.78, 5) is 33.7. The molecule has 5 rings (SSSR count). The molecule has 0 bridgehead atoms. The molecule has 6 N–H and O–H groups in total. The van der Waals surface area contributed by atoms with Crippen LogP contribution >= 0.6 is 0 Å². The van der Waals surface area contributed by atoms with Crippen molar-refractivity contribution in [2.75, 3.05) is 18.4 Å². The molecule has 1 aliphatic rings. The molecule has 0 unspecified atom stereocenters. The van der Waals surface area contributed by atoms with E-state index in [4.69, 9.17) is 5.73 Å². The van der Waals surface area contributed by atoms with Gasteiger partial charge in [0.2, 0.25) is 5.91 Å². The third-order valence-electron chi connectivity index (χ3n) is 7.16. The van der Waals surface area contributed by atoms with Crippen molar-refractivity contribution in [3.8, 4) is 11.3 Å². The fraction of sp³-hybridized carbons (Fsp3) is 0.370. The molecule has 0 spiro atoms. The lowest BCUT2D eigenvalue weighted by Gasteiger charge is -2.14. The predicted octanol–water partition coefficient (Wildman–Crippen LogP) is 3.42. The van der Waals surface area contributed by atoms with Gasteiger partial charge in [0.1, 0.15) is 0 Å². The first-order valence-corrected chi connectivity index (χ1v) is 13.3. The maximum atomic E-state index is 13.4. The van der Waals surface area contributed by atoms with Crippen molar-refractivity contribution < 1.29 is 22.8 Å². The Kier molecular flexibility index (Phi) is 7.92. The number of H-pyrrole nitrogens is 1. The first kappa shape index (κ1) is 28.1. The largest absolute Gasteiger partial charge is 0.435 e. The highest BCUT2D eigenvalue weighted by molar-refractivity contribution is 5.96. The van der Waals surface area contributed by atoms with E-state index in [1.54, 1.807) is 12.1 Å². The summed E-state index contributed by atoms with van der Waals surface area (Å²) < 4.78 is 41.7.